The van der Waals surface area contributed by atoms with Gasteiger partial charge in [0.2, 0.25) is 0 Å². The third-order valence-corrected chi connectivity index (χ3v) is 15.3. The predicted octanol–water partition coefficient (Wildman–Crippen LogP) is 4.86. The lowest BCUT2D eigenvalue weighted by molar-refractivity contribution is -0.309. The molecule has 2 unspecified atom stereocenters. The van der Waals surface area contributed by atoms with Crippen LogP contribution in [0.1, 0.15) is 108 Å². The van der Waals surface area contributed by atoms with Gasteiger partial charge in [-0.1, -0.05) is 23.4 Å². The highest BCUT2D eigenvalue weighted by Gasteiger charge is 2.59. The molecular weight excluding hydrogens is 969 g/mol. The number of carbonyl (C=O) groups is 5. The van der Waals surface area contributed by atoms with E-state index in [4.69, 9.17) is 42.6 Å². The monoisotopic (exact) mass is 1030 g/mol. The van der Waals surface area contributed by atoms with Crippen molar-refractivity contribution in [2.24, 2.45) is 0 Å². The molecule has 7 aliphatic rings. The second-order valence-electron chi connectivity index (χ2n) is 20.3. The Balaban J connectivity index is 0.772. The fourth-order valence-electron chi connectivity index (χ4n) is 12.6. The number of carbonyl (C=O) groups excluding carboxylic acids is 5. The molecule has 4 aromatic rings. The van der Waals surface area contributed by atoms with E-state index in [2.05, 4.69) is 44.4 Å². The number of aryl methyl sites for hydroxylation is 2. The van der Waals surface area contributed by atoms with E-state index in [-0.39, 0.29) is 45.6 Å². The summed E-state index contributed by atoms with van der Waals surface area (Å²) in [5.41, 5.74) is 11.3. The molecule has 7 aliphatic heterocycles. The minimum Gasteiger partial charge on any atom is -0.463 e. The van der Waals surface area contributed by atoms with Gasteiger partial charge in [-0.2, -0.15) is 0 Å². The van der Waals surface area contributed by atoms with E-state index in [1.54, 1.807) is 4.68 Å². The van der Waals surface area contributed by atoms with Crippen molar-refractivity contribution in [1.29, 1.82) is 0 Å². The van der Waals surface area contributed by atoms with Gasteiger partial charge in [-0.3, -0.25) is 24.0 Å². The van der Waals surface area contributed by atoms with E-state index in [1.165, 1.54) is 40.6 Å². The molecule has 0 radical (unpaired) electrons. The van der Waals surface area contributed by atoms with E-state index in [0.717, 1.165) is 127 Å². The zero-order chi connectivity index (χ0) is 52.0. The maximum atomic E-state index is 15.2. The lowest BCUT2D eigenvalue weighted by atomic mass is 9.70. The molecule has 0 bridgehead atoms. The topological polar surface area (TPSA) is 209 Å². The lowest BCUT2D eigenvalue weighted by Crippen LogP contribution is -2.63. The molecular formula is C55H64N6O14. The number of anilines is 2. The third kappa shape index (κ3) is 9.47. The molecule has 75 heavy (non-hydrogen) atoms. The van der Waals surface area contributed by atoms with Crippen molar-refractivity contribution >= 4 is 41.2 Å². The number of ether oxygens (including phenoxy) is 9. The number of benzene rings is 3. The van der Waals surface area contributed by atoms with E-state index in [1.807, 2.05) is 23.2 Å². The summed E-state index contributed by atoms with van der Waals surface area (Å²) in [5, 5.41) is 9.15. The van der Waals surface area contributed by atoms with Crippen molar-refractivity contribution in [3.05, 3.63) is 92.8 Å². The standard InChI is InChI=1S/C55H64N6O14/c1-32(62)70-30-45-50(71-33(2)63)51(72-34(3)64)52(73-35(4)65)54(74-45)69-26-25-68-24-23-67-22-17-38-29-60(57-56-38)31-61-53(66)39-13-5-6-16-42(39)55(61)43-27-36-11-7-18-58-20-9-14-40(46(36)58)48(43)75-49-41-15-10-21-59-19-8-12-37(47(41)59)28-44(49)55/h5-6,13,16,27-29,45,50-52,54H,7-12,14-15,17-26,30-31H2,1-4H3/t45?,50-,51+,52?,54-/m0/s1. The molecule has 1 spiro atoms. The predicted molar refractivity (Wildman–Crippen MR) is 266 cm³/mol. The Morgan fingerprint density at radius 1 is 0.680 bits per heavy atom. The van der Waals surface area contributed by atoms with Crippen LogP contribution in [0.15, 0.2) is 42.6 Å². The summed E-state index contributed by atoms with van der Waals surface area (Å²) in [5.74, 6) is -1.06. The maximum Gasteiger partial charge on any atom is 0.303 e. The first-order valence-electron chi connectivity index (χ1n) is 26.3. The van der Waals surface area contributed by atoms with Crippen molar-refractivity contribution in [2.75, 3.05) is 75.6 Å². The van der Waals surface area contributed by atoms with Crippen LogP contribution in [0.5, 0.6) is 11.5 Å². The van der Waals surface area contributed by atoms with E-state index >= 15 is 4.79 Å². The van der Waals surface area contributed by atoms with Crippen molar-refractivity contribution in [1.82, 2.24) is 19.9 Å². The lowest BCUT2D eigenvalue weighted by Gasteiger charge is -2.48. The van der Waals surface area contributed by atoms with Crippen LogP contribution >= 0.6 is 0 Å². The number of nitrogens with zero attached hydrogens (tertiary/aromatic N) is 6. The van der Waals surface area contributed by atoms with Crippen molar-refractivity contribution < 1.29 is 66.6 Å². The molecule has 1 amide bonds. The van der Waals surface area contributed by atoms with Gasteiger partial charge < -0.3 is 57.3 Å². The van der Waals surface area contributed by atoms with Crippen molar-refractivity contribution in [2.45, 2.75) is 128 Å². The molecule has 8 heterocycles. The highest BCUT2D eigenvalue weighted by molar-refractivity contribution is 6.02. The first-order valence-corrected chi connectivity index (χ1v) is 26.3. The Bertz CT molecular complexity index is 2800. The van der Waals surface area contributed by atoms with Gasteiger partial charge in [0.25, 0.3) is 5.91 Å². The summed E-state index contributed by atoms with van der Waals surface area (Å²) in [7, 11) is 0. The molecule has 1 aromatic heterocycles. The van der Waals surface area contributed by atoms with Gasteiger partial charge in [0.05, 0.1) is 44.9 Å². The molecule has 3 aromatic carbocycles. The van der Waals surface area contributed by atoms with Crippen LogP contribution in [0.4, 0.5) is 11.4 Å². The summed E-state index contributed by atoms with van der Waals surface area (Å²) in [6, 6.07) is 12.9. The average molecular weight is 1030 g/mol. The van der Waals surface area contributed by atoms with Crippen LogP contribution < -0.4 is 14.5 Å². The largest absolute Gasteiger partial charge is 0.463 e. The van der Waals surface area contributed by atoms with Gasteiger partial charge >= 0.3 is 23.9 Å². The molecule has 0 N–H and O–H groups in total. The molecule has 1 fully saturated rings. The Hall–Kier alpha value is -6.61. The van der Waals surface area contributed by atoms with Crippen LogP contribution in [0.3, 0.4) is 0 Å². The van der Waals surface area contributed by atoms with Crippen LogP contribution in [-0.2, 0) is 101 Å². The Labute approximate surface area is 434 Å². The number of fused-ring (bicyclic) bond motifs is 8. The average Bonchev–Trinajstić information content (AvgIpc) is 4.01. The SMILES string of the molecule is CC(=O)OCC1O[C@H](OCCOCCOCCc2cn(CN3C(=O)c4ccccc4C34c3cc5c6c(c3Oc3c4cc4c7c3CCCN7CCC4)CCCN6CCC5)nn2)C(OC(C)=O)[C@H](OC(C)=O)[C@H]1OC(C)=O. The van der Waals surface area contributed by atoms with Gasteiger partial charge in [-0.05, 0) is 86.3 Å². The summed E-state index contributed by atoms with van der Waals surface area (Å²) in [4.78, 5) is 70.4. The minimum atomic E-state index is -1.34. The summed E-state index contributed by atoms with van der Waals surface area (Å²) >= 11 is 0. The summed E-state index contributed by atoms with van der Waals surface area (Å²) in [6.45, 7) is 9.45. The summed E-state index contributed by atoms with van der Waals surface area (Å²) in [6.07, 6.45) is 4.02. The fourth-order valence-corrected chi connectivity index (χ4v) is 12.6. The van der Waals surface area contributed by atoms with Crippen LogP contribution in [0.2, 0.25) is 0 Å². The maximum absolute atomic E-state index is 15.2. The zero-order valence-electron chi connectivity index (χ0n) is 43.0. The molecule has 20 nitrogen and oxygen atoms in total. The Morgan fingerprint density at radius 2 is 1.25 bits per heavy atom. The second kappa shape index (κ2) is 21.2. The quantitative estimate of drug-likeness (QED) is 0.0786. The van der Waals surface area contributed by atoms with Gasteiger partial charge in [-0.25, -0.2) is 4.68 Å². The number of hydrogen-bond acceptors (Lipinski definition) is 18. The smallest absolute Gasteiger partial charge is 0.303 e. The van der Waals surface area contributed by atoms with Gasteiger partial charge in [0.15, 0.2) is 24.6 Å². The normalized spacial score (nSPS) is 22.5. The molecule has 1 saturated heterocycles. The number of rotatable bonds is 17. The van der Waals surface area contributed by atoms with Gasteiger partial charge in [-0.15, -0.1) is 5.10 Å². The van der Waals surface area contributed by atoms with Crippen molar-refractivity contribution in [3.8, 4) is 11.5 Å². The first-order chi connectivity index (χ1) is 36.4. The van der Waals surface area contributed by atoms with Crippen molar-refractivity contribution in [3.63, 3.8) is 0 Å². The Kier molecular flexibility index (Phi) is 14.3. The molecule has 398 valence electrons. The fraction of sp³-hybridized carbons (Fsp3) is 0.545. The third-order valence-electron chi connectivity index (χ3n) is 15.3. The molecule has 0 aliphatic carbocycles. The highest BCUT2D eigenvalue weighted by Crippen LogP contribution is 2.63. The van der Waals surface area contributed by atoms with E-state index in [9.17, 15) is 19.2 Å². The van der Waals surface area contributed by atoms with E-state index in [0.29, 0.717) is 24.3 Å². The minimum absolute atomic E-state index is 0.0448. The molecule has 0 saturated carbocycles. The number of hydrogen-bond donors (Lipinski definition) is 0. The molecule has 20 heteroatoms. The van der Waals surface area contributed by atoms with Gasteiger partial charge in [0, 0.05) is 99.5 Å². The Morgan fingerprint density at radius 3 is 1.88 bits per heavy atom. The number of aromatic nitrogens is 3. The molecule has 11 rings (SSSR count). The molecule has 5 atom stereocenters. The first kappa shape index (κ1) is 50.5. The summed E-state index contributed by atoms with van der Waals surface area (Å²) < 4.78 is 54.3. The number of esters is 4. The second-order valence-corrected chi connectivity index (χ2v) is 20.3. The van der Waals surface area contributed by atoms with Crippen LogP contribution in [-0.4, -0.2) is 146 Å². The zero-order valence-corrected chi connectivity index (χ0v) is 43.0. The van der Waals surface area contributed by atoms with Crippen LogP contribution in [0.25, 0.3) is 0 Å². The van der Waals surface area contributed by atoms with E-state index < -0.39 is 60.1 Å². The number of amides is 1. The van der Waals surface area contributed by atoms with Gasteiger partial charge in [0.1, 0.15) is 36.4 Å². The highest BCUT2D eigenvalue weighted by atomic mass is 16.7. The van der Waals surface area contributed by atoms with Crippen LogP contribution in [0, 0.1) is 0 Å².